The summed E-state index contributed by atoms with van der Waals surface area (Å²) in [6, 6.07) is 12.6. The number of hydrogen-bond acceptors (Lipinski definition) is 5. The Kier molecular flexibility index (Phi) is 6.04. The first kappa shape index (κ1) is 17.3. The molecule has 23 heavy (non-hydrogen) atoms. The summed E-state index contributed by atoms with van der Waals surface area (Å²) in [7, 11) is 1.55. The van der Waals surface area contributed by atoms with Crippen molar-refractivity contribution in [3.05, 3.63) is 53.6 Å². The minimum absolute atomic E-state index is 0.0277. The van der Waals surface area contributed by atoms with Gasteiger partial charge in [0.15, 0.2) is 0 Å². The number of benzene rings is 2. The van der Waals surface area contributed by atoms with Crippen LogP contribution >= 0.6 is 0 Å². The van der Waals surface area contributed by atoms with Crippen molar-refractivity contribution in [2.24, 2.45) is 0 Å². The Labute approximate surface area is 136 Å². The quantitative estimate of drug-likeness (QED) is 0.662. The fraction of sp³-hybridized carbons (Fsp3) is 0.294. The molecule has 0 saturated carbocycles. The summed E-state index contributed by atoms with van der Waals surface area (Å²) in [5, 5.41) is 28.8. The first-order chi connectivity index (χ1) is 11.1. The van der Waals surface area contributed by atoms with E-state index in [0.29, 0.717) is 28.9 Å². The summed E-state index contributed by atoms with van der Waals surface area (Å²) in [6.07, 6.45) is 0.444. The average molecular weight is 316 g/mol. The Bertz CT molecular complexity index is 645. The van der Waals surface area contributed by atoms with E-state index in [2.05, 4.69) is 0 Å². The van der Waals surface area contributed by atoms with Crippen LogP contribution in [0.1, 0.15) is 23.5 Å². The number of aliphatic hydroxyl groups excluding tert-OH is 1. The molecular weight excluding hydrogens is 295 g/mol. The highest BCUT2D eigenvalue weighted by Gasteiger charge is 2.24. The Hall–Kier alpha value is -2.02. The fourth-order valence-corrected chi connectivity index (χ4v) is 2.71. The topological polar surface area (TPSA) is 79.2 Å². The lowest BCUT2D eigenvalue weighted by atomic mass is 9.72. The van der Waals surface area contributed by atoms with E-state index in [0.717, 1.165) is 5.56 Å². The van der Waals surface area contributed by atoms with Gasteiger partial charge < -0.3 is 24.6 Å². The Morgan fingerprint density at radius 3 is 2.30 bits per heavy atom. The molecule has 6 heteroatoms. The Morgan fingerprint density at radius 2 is 1.70 bits per heavy atom. The lowest BCUT2D eigenvalue weighted by Gasteiger charge is -2.21. The molecule has 0 aliphatic carbocycles. The molecule has 2 aromatic carbocycles. The predicted molar refractivity (Wildman–Crippen MR) is 89.4 cm³/mol. The van der Waals surface area contributed by atoms with Gasteiger partial charge in [-0.25, -0.2) is 0 Å². The molecule has 5 nitrogen and oxygen atoms in total. The molecule has 1 atom stereocenters. The third-order valence-corrected chi connectivity index (χ3v) is 3.86. The lowest BCUT2D eigenvalue weighted by Crippen LogP contribution is -2.34. The van der Waals surface area contributed by atoms with E-state index in [1.165, 1.54) is 0 Å². The van der Waals surface area contributed by atoms with Crippen LogP contribution in [0.3, 0.4) is 0 Å². The van der Waals surface area contributed by atoms with Crippen LogP contribution < -0.4 is 14.9 Å². The van der Waals surface area contributed by atoms with Gasteiger partial charge in [0, 0.05) is 12.5 Å². The monoisotopic (exact) mass is 316 g/mol. The second kappa shape index (κ2) is 8.01. The molecule has 0 saturated heterocycles. The molecule has 0 radical (unpaired) electrons. The number of aliphatic hydroxyl groups is 1. The average Bonchev–Trinajstić information content (AvgIpc) is 2.59. The molecule has 2 aromatic rings. The molecule has 0 amide bonds. The third-order valence-electron chi connectivity index (χ3n) is 3.86. The van der Waals surface area contributed by atoms with Crippen LogP contribution in [0.4, 0.5) is 0 Å². The van der Waals surface area contributed by atoms with Crippen LogP contribution in [-0.2, 0) is 0 Å². The van der Waals surface area contributed by atoms with Crippen molar-refractivity contribution in [3.8, 4) is 11.5 Å². The van der Waals surface area contributed by atoms with Crippen molar-refractivity contribution in [2.45, 2.75) is 12.3 Å². The summed E-state index contributed by atoms with van der Waals surface area (Å²) < 4.78 is 10.5. The van der Waals surface area contributed by atoms with Crippen LogP contribution in [-0.4, -0.2) is 43.1 Å². The second-order valence-electron chi connectivity index (χ2n) is 5.21. The molecule has 122 valence electrons. The van der Waals surface area contributed by atoms with Crippen molar-refractivity contribution < 1.29 is 24.6 Å². The van der Waals surface area contributed by atoms with E-state index in [1.807, 2.05) is 24.3 Å². The summed E-state index contributed by atoms with van der Waals surface area (Å²) in [5.41, 5.74) is 2.03. The summed E-state index contributed by atoms with van der Waals surface area (Å²) in [4.78, 5) is 0. The summed E-state index contributed by atoms with van der Waals surface area (Å²) >= 11 is 0. The standard InChI is InChI=1S/C17H21BO5/c1-22-13-5-3-4-12(10-13)15(8-9-19)16-11-14(23-2)6-7-17(16)18(20)21/h3-7,10-11,15,19-21H,8-9H2,1-2H3/t15-/m1/s1. The van der Waals surface area contributed by atoms with Crippen molar-refractivity contribution in [1.29, 1.82) is 0 Å². The van der Waals surface area contributed by atoms with Crippen molar-refractivity contribution in [1.82, 2.24) is 0 Å². The zero-order chi connectivity index (χ0) is 16.8. The molecule has 2 rings (SSSR count). The van der Waals surface area contributed by atoms with Gasteiger partial charge in [0.2, 0.25) is 0 Å². The summed E-state index contributed by atoms with van der Waals surface area (Å²) in [6.45, 7) is -0.0277. The normalized spacial score (nSPS) is 11.9. The number of methoxy groups -OCH3 is 2. The SMILES string of the molecule is COc1cccc([C@@H](CCO)c2cc(OC)ccc2B(O)O)c1. The van der Waals surface area contributed by atoms with Crippen LogP contribution in [0.2, 0.25) is 0 Å². The molecule has 0 spiro atoms. The zero-order valence-corrected chi connectivity index (χ0v) is 13.3. The smallest absolute Gasteiger partial charge is 0.488 e. The molecule has 0 unspecified atom stereocenters. The van der Waals surface area contributed by atoms with E-state index in [9.17, 15) is 15.2 Å². The van der Waals surface area contributed by atoms with E-state index >= 15 is 0 Å². The lowest BCUT2D eigenvalue weighted by molar-refractivity contribution is 0.281. The van der Waals surface area contributed by atoms with Crippen LogP contribution in [0, 0.1) is 0 Å². The minimum Gasteiger partial charge on any atom is -0.497 e. The Morgan fingerprint density at radius 1 is 1.00 bits per heavy atom. The largest absolute Gasteiger partial charge is 0.497 e. The van der Waals surface area contributed by atoms with Crippen LogP contribution in [0.5, 0.6) is 11.5 Å². The summed E-state index contributed by atoms with van der Waals surface area (Å²) in [5.74, 6) is 1.12. The van der Waals surface area contributed by atoms with Gasteiger partial charge in [0.1, 0.15) is 11.5 Å². The Balaban J connectivity index is 2.55. The predicted octanol–water partition coefficient (Wildman–Crippen LogP) is 0.898. The van der Waals surface area contributed by atoms with Gasteiger partial charge in [-0.2, -0.15) is 0 Å². The molecule has 0 aliphatic rings. The van der Waals surface area contributed by atoms with E-state index in [-0.39, 0.29) is 12.5 Å². The highest BCUT2D eigenvalue weighted by molar-refractivity contribution is 6.59. The molecule has 0 fully saturated rings. The van der Waals surface area contributed by atoms with E-state index in [4.69, 9.17) is 9.47 Å². The first-order valence-electron chi connectivity index (χ1n) is 7.39. The highest BCUT2D eigenvalue weighted by atomic mass is 16.5. The molecule has 0 heterocycles. The van der Waals surface area contributed by atoms with Crippen molar-refractivity contribution >= 4 is 12.6 Å². The fourth-order valence-electron chi connectivity index (χ4n) is 2.71. The van der Waals surface area contributed by atoms with Gasteiger partial charge in [0.25, 0.3) is 0 Å². The highest BCUT2D eigenvalue weighted by Crippen LogP contribution is 2.31. The minimum atomic E-state index is -1.59. The maximum absolute atomic E-state index is 9.66. The van der Waals surface area contributed by atoms with Gasteiger partial charge in [-0.05, 0) is 47.3 Å². The van der Waals surface area contributed by atoms with Gasteiger partial charge in [-0.15, -0.1) is 0 Å². The molecular formula is C17H21BO5. The third kappa shape index (κ3) is 4.04. The van der Waals surface area contributed by atoms with Gasteiger partial charge in [-0.3, -0.25) is 0 Å². The van der Waals surface area contributed by atoms with Gasteiger partial charge in [0.05, 0.1) is 14.2 Å². The van der Waals surface area contributed by atoms with Crippen molar-refractivity contribution in [2.75, 3.05) is 20.8 Å². The zero-order valence-electron chi connectivity index (χ0n) is 13.3. The van der Waals surface area contributed by atoms with Gasteiger partial charge in [-0.1, -0.05) is 18.2 Å². The maximum Gasteiger partial charge on any atom is 0.488 e. The molecule has 3 N–H and O–H groups in total. The van der Waals surface area contributed by atoms with Crippen LogP contribution in [0.15, 0.2) is 42.5 Å². The van der Waals surface area contributed by atoms with Gasteiger partial charge >= 0.3 is 7.12 Å². The molecule has 0 aliphatic heterocycles. The van der Waals surface area contributed by atoms with Crippen molar-refractivity contribution in [3.63, 3.8) is 0 Å². The first-order valence-corrected chi connectivity index (χ1v) is 7.39. The van der Waals surface area contributed by atoms with Crippen LogP contribution in [0.25, 0.3) is 0 Å². The van der Waals surface area contributed by atoms with E-state index in [1.54, 1.807) is 32.4 Å². The number of ether oxygens (including phenoxy) is 2. The van der Waals surface area contributed by atoms with E-state index < -0.39 is 7.12 Å². The number of rotatable bonds is 7. The maximum atomic E-state index is 9.66. The second-order valence-corrected chi connectivity index (χ2v) is 5.21. The molecule has 0 bridgehead atoms. The molecule has 0 aromatic heterocycles. The number of hydrogen-bond donors (Lipinski definition) is 3.